The molecule has 23 heavy (non-hydrogen) atoms. The van der Waals surface area contributed by atoms with Crippen molar-refractivity contribution in [3.63, 3.8) is 0 Å². The van der Waals surface area contributed by atoms with Gasteiger partial charge in [0.2, 0.25) is 0 Å². The Labute approximate surface area is 133 Å². The van der Waals surface area contributed by atoms with Crippen molar-refractivity contribution in [2.45, 2.75) is 13.5 Å². The molecule has 2 aromatic rings. The van der Waals surface area contributed by atoms with Gasteiger partial charge in [0, 0.05) is 7.05 Å². The van der Waals surface area contributed by atoms with Crippen LogP contribution in [0.25, 0.3) is 5.69 Å². The number of aromatic nitrogens is 2. The number of carbonyl (C=O) groups is 2. The van der Waals surface area contributed by atoms with Gasteiger partial charge in [-0.25, -0.2) is 9.78 Å². The van der Waals surface area contributed by atoms with E-state index in [0.717, 1.165) is 0 Å². The first-order chi connectivity index (χ1) is 11.1. The van der Waals surface area contributed by atoms with E-state index in [1.807, 2.05) is 0 Å². The monoisotopic (exact) mass is 315 g/mol. The minimum atomic E-state index is -0.492. The van der Waals surface area contributed by atoms with E-state index in [0.29, 0.717) is 22.7 Å². The van der Waals surface area contributed by atoms with Gasteiger partial charge in [0.1, 0.15) is 17.6 Å². The van der Waals surface area contributed by atoms with Crippen LogP contribution in [0.15, 0.2) is 24.5 Å². The summed E-state index contributed by atoms with van der Waals surface area (Å²) < 4.78 is 12.1. The first-order valence-corrected chi connectivity index (χ1v) is 7.24. The van der Waals surface area contributed by atoms with Gasteiger partial charge in [0.15, 0.2) is 5.69 Å². The molecule has 0 spiro atoms. The normalized spacial score (nSPS) is 13.2. The Kier molecular flexibility index (Phi) is 3.77. The molecule has 120 valence electrons. The molecular weight excluding hydrogens is 298 g/mol. The first-order valence-electron chi connectivity index (χ1n) is 7.24. The highest BCUT2D eigenvalue weighted by Gasteiger charge is 2.30. The molecule has 3 rings (SSSR count). The van der Waals surface area contributed by atoms with Crippen LogP contribution in [0, 0.1) is 0 Å². The minimum Gasteiger partial charge on any atom is -0.496 e. The van der Waals surface area contributed by atoms with Crippen molar-refractivity contribution in [3.8, 4) is 11.4 Å². The Hall–Kier alpha value is -2.83. The van der Waals surface area contributed by atoms with Gasteiger partial charge in [-0.05, 0) is 19.1 Å². The molecule has 7 heteroatoms. The third-order valence-corrected chi connectivity index (χ3v) is 3.77. The lowest BCUT2D eigenvalue weighted by Crippen LogP contribution is -2.26. The first kappa shape index (κ1) is 15.1. The van der Waals surface area contributed by atoms with Crippen molar-refractivity contribution in [1.29, 1.82) is 0 Å². The highest BCUT2D eigenvalue weighted by molar-refractivity contribution is 6.01. The lowest BCUT2D eigenvalue weighted by Gasteiger charge is -2.16. The van der Waals surface area contributed by atoms with Crippen LogP contribution >= 0.6 is 0 Å². The van der Waals surface area contributed by atoms with Crippen molar-refractivity contribution >= 4 is 11.9 Å². The number of methoxy groups -OCH3 is 1. The van der Waals surface area contributed by atoms with Crippen LogP contribution in [-0.2, 0) is 11.3 Å². The molecule has 1 amide bonds. The fraction of sp³-hybridized carbons (Fsp3) is 0.312. The molecule has 0 saturated heterocycles. The molecule has 7 nitrogen and oxygen atoms in total. The Balaban J connectivity index is 2.23. The van der Waals surface area contributed by atoms with Crippen molar-refractivity contribution in [2.75, 3.05) is 20.8 Å². The number of fused-ring (bicyclic) bond motifs is 3. The summed E-state index contributed by atoms with van der Waals surface area (Å²) in [6.07, 6.45) is 1.53. The zero-order valence-corrected chi connectivity index (χ0v) is 13.2. The van der Waals surface area contributed by atoms with Crippen LogP contribution in [-0.4, -0.2) is 47.1 Å². The number of benzene rings is 1. The van der Waals surface area contributed by atoms with Gasteiger partial charge in [0.05, 0.1) is 31.6 Å². The van der Waals surface area contributed by atoms with Crippen LogP contribution in [0.1, 0.15) is 33.5 Å². The van der Waals surface area contributed by atoms with Crippen molar-refractivity contribution in [2.24, 2.45) is 0 Å². The van der Waals surface area contributed by atoms with Gasteiger partial charge in [-0.2, -0.15) is 0 Å². The second kappa shape index (κ2) is 5.75. The van der Waals surface area contributed by atoms with Crippen molar-refractivity contribution < 1.29 is 19.1 Å². The highest BCUT2D eigenvalue weighted by Crippen LogP contribution is 2.31. The van der Waals surface area contributed by atoms with E-state index >= 15 is 0 Å². The molecule has 0 N–H and O–H groups in total. The SMILES string of the molecule is CCOC(=O)c1ncn2c1CN(C)C(=O)c1c(OC)cccc1-2. The average molecular weight is 315 g/mol. The number of ether oxygens (including phenoxy) is 2. The largest absolute Gasteiger partial charge is 0.496 e. The van der Waals surface area contributed by atoms with E-state index in [4.69, 9.17) is 9.47 Å². The number of esters is 1. The molecule has 1 aliphatic rings. The van der Waals surface area contributed by atoms with Gasteiger partial charge in [-0.1, -0.05) is 6.07 Å². The number of carbonyl (C=O) groups excluding carboxylic acids is 2. The summed E-state index contributed by atoms with van der Waals surface area (Å²) in [6, 6.07) is 5.33. The van der Waals surface area contributed by atoms with Crippen LogP contribution in [0.2, 0.25) is 0 Å². The summed E-state index contributed by atoms with van der Waals surface area (Å²) in [5.74, 6) is -0.178. The number of nitrogens with zero attached hydrogens (tertiary/aromatic N) is 3. The average Bonchev–Trinajstić information content (AvgIpc) is 2.92. The summed E-state index contributed by atoms with van der Waals surface area (Å²) in [6.45, 7) is 2.26. The maximum Gasteiger partial charge on any atom is 0.358 e. The predicted molar refractivity (Wildman–Crippen MR) is 81.9 cm³/mol. The molecule has 1 aromatic heterocycles. The second-order valence-electron chi connectivity index (χ2n) is 5.15. The molecule has 2 heterocycles. The molecule has 0 saturated carbocycles. The summed E-state index contributed by atoms with van der Waals surface area (Å²) in [5.41, 5.74) is 1.93. The third-order valence-electron chi connectivity index (χ3n) is 3.77. The lowest BCUT2D eigenvalue weighted by atomic mass is 10.1. The van der Waals surface area contributed by atoms with Gasteiger partial charge < -0.3 is 14.4 Å². The quantitative estimate of drug-likeness (QED) is 0.805. The number of hydrogen-bond donors (Lipinski definition) is 0. The number of hydrogen-bond acceptors (Lipinski definition) is 5. The Morgan fingerprint density at radius 1 is 1.39 bits per heavy atom. The summed E-state index contributed by atoms with van der Waals surface area (Å²) in [5, 5.41) is 0. The number of imidazole rings is 1. The fourth-order valence-corrected chi connectivity index (χ4v) is 2.70. The van der Waals surface area contributed by atoms with E-state index in [9.17, 15) is 9.59 Å². The lowest BCUT2D eigenvalue weighted by molar-refractivity contribution is 0.0515. The van der Waals surface area contributed by atoms with Crippen molar-refractivity contribution in [3.05, 3.63) is 41.5 Å². The van der Waals surface area contributed by atoms with E-state index in [2.05, 4.69) is 4.98 Å². The van der Waals surface area contributed by atoms with Crippen LogP contribution < -0.4 is 4.74 Å². The van der Waals surface area contributed by atoms with E-state index in [-0.39, 0.29) is 24.8 Å². The highest BCUT2D eigenvalue weighted by atomic mass is 16.5. The minimum absolute atomic E-state index is 0.170. The van der Waals surface area contributed by atoms with E-state index < -0.39 is 5.97 Å². The third kappa shape index (κ3) is 2.34. The summed E-state index contributed by atoms with van der Waals surface area (Å²) in [4.78, 5) is 30.5. The molecular formula is C16H17N3O4. The molecule has 0 aliphatic carbocycles. The topological polar surface area (TPSA) is 73.7 Å². The molecule has 0 atom stereocenters. The molecule has 0 bridgehead atoms. The Morgan fingerprint density at radius 3 is 2.87 bits per heavy atom. The van der Waals surface area contributed by atoms with E-state index in [1.54, 1.807) is 36.7 Å². The Bertz CT molecular complexity index is 782. The molecule has 0 fully saturated rings. The van der Waals surface area contributed by atoms with Crippen LogP contribution in [0.3, 0.4) is 0 Å². The number of rotatable bonds is 3. The zero-order valence-electron chi connectivity index (χ0n) is 13.2. The fourth-order valence-electron chi connectivity index (χ4n) is 2.70. The molecule has 1 aromatic carbocycles. The van der Waals surface area contributed by atoms with Gasteiger partial charge in [0.25, 0.3) is 5.91 Å². The van der Waals surface area contributed by atoms with Crippen LogP contribution in [0.4, 0.5) is 0 Å². The van der Waals surface area contributed by atoms with Crippen molar-refractivity contribution in [1.82, 2.24) is 14.5 Å². The smallest absolute Gasteiger partial charge is 0.358 e. The molecule has 1 aliphatic heterocycles. The Morgan fingerprint density at radius 2 is 2.17 bits per heavy atom. The van der Waals surface area contributed by atoms with E-state index in [1.165, 1.54) is 18.3 Å². The van der Waals surface area contributed by atoms with Gasteiger partial charge >= 0.3 is 5.97 Å². The van der Waals surface area contributed by atoms with Crippen LogP contribution in [0.5, 0.6) is 5.75 Å². The summed E-state index contributed by atoms with van der Waals surface area (Å²) >= 11 is 0. The second-order valence-corrected chi connectivity index (χ2v) is 5.15. The summed E-state index contributed by atoms with van der Waals surface area (Å²) in [7, 11) is 3.20. The zero-order chi connectivity index (χ0) is 16.6. The van der Waals surface area contributed by atoms with Gasteiger partial charge in [-0.3, -0.25) is 9.36 Å². The predicted octanol–water partition coefficient (Wildman–Crippen LogP) is 1.64. The maximum atomic E-state index is 12.7. The maximum absolute atomic E-state index is 12.7. The standard InChI is InChI=1S/C16H17N3O4/c1-4-23-16(21)14-11-8-18(2)15(20)13-10(19(11)9-17-14)6-5-7-12(13)22-3/h5-7,9H,4,8H2,1-3H3. The molecule has 0 unspecified atom stereocenters. The van der Waals surface area contributed by atoms with Gasteiger partial charge in [-0.15, -0.1) is 0 Å². The molecule has 0 radical (unpaired) electrons. The number of amides is 1.